The van der Waals surface area contributed by atoms with E-state index in [9.17, 15) is 24.5 Å². The SMILES string of the molecule is COc1cc(C(=O)Oc2ccc([N+](=O)[O-])cc2/C=N/NC(=O)c2ccc(COc3ccc(-n4c(C)ccc4C)cc3)o2)ccc1OC(C)=O. The van der Waals surface area contributed by atoms with Crippen molar-refractivity contribution in [2.75, 3.05) is 7.11 Å². The molecule has 0 saturated heterocycles. The number of ether oxygens (including phenoxy) is 4. The molecule has 49 heavy (non-hydrogen) atoms. The number of non-ortho nitro benzene ring substituents is 1. The van der Waals surface area contributed by atoms with Gasteiger partial charge >= 0.3 is 17.8 Å². The van der Waals surface area contributed by atoms with E-state index < -0.39 is 22.8 Å². The third-order valence-electron chi connectivity index (χ3n) is 7.06. The van der Waals surface area contributed by atoms with Gasteiger partial charge in [-0.15, -0.1) is 0 Å². The van der Waals surface area contributed by atoms with Crippen LogP contribution in [0.2, 0.25) is 0 Å². The number of aryl methyl sites for hydroxylation is 2. The van der Waals surface area contributed by atoms with Crippen LogP contribution in [-0.2, 0) is 11.4 Å². The van der Waals surface area contributed by atoms with Crippen LogP contribution in [0.5, 0.6) is 23.0 Å². The van der Waals surface area contributed by atoms with Crippen molar-refractivity contribution in [3.63, 3.8) is 0 Å². The van der Waals surface area contributed by atoms with Crippen LogP contribution in [0.4, 0.5) is 5.69 Å². The van der Waals surface area contributed by atoms with Gasteiger partial charge in [0.2, 0.25) is 0 Å². The lowest BCUT2D eigenvalue weighted by atomic mass is 10.1. The first kappa shape index (κ1) is 33.7. The predicted octanol–water partition coefficient (Wildman–Crippen LogP) is 6.09. The Morgan fingerprint density at radius 1 is 0.898 bits per heavy atom. The minimum atomic E-state index is -0.840. The summed E-state index contributed by atoms with van der Waals surface area (Å²) >= 11 is 0. The molecule has 0 fully saturated rings. The fourth-order valence-electron chi connectivity index (χ4n) is 4.75. The van der Waals surface area contributed by atoms with Crippen LogP contribution >= 0.6 is 0 Å². The Morgan fingerprint density at radius 2 is 1.61 bits per heavy atom. The highest BCUT2D eigenvalue weighted by Gasteiger charge is 2.18. The number of hydrazone groups is 1. The summed E-state index contributed by atoms with van der Waals surface area (Å²) in [5.41, 5.74) is 5.29. The number of esters is 2. The molecule has 1 amide bonds. The van der Waals surface area contributed by atoms with E-state index in [4.69, 9.17) is 23.4 Å². The van der Waals surface area contributed by atoms with E-state index in [1.165, 1.54) is 44.4 Å². The van der Waals surface area contributed by atoms with Gasteiger partial charge in [0.1, 0.15) is 23.9 Å². The minimum Gasteiger partial charge on any atom is -0.493 e. The molecule has 0 saturated carbocycles. The van der Waals surface area contributed by atoms with Crippen LogP contribution in [0.15, 0.2) is 94.4 Å². The average Bonchev–Trinajstić information content (AvgIpc) is 3.70. The van der Waals surface area contributed by atoms with Gasteiger partial charge in [0, 0.05) is 41.7 Å². The van der Waals surface area contributed by atoms with Gasteiger partial charge in [-0.3, -0.25) is 19.7 Å². The number of nitrogens with one attached hydrogen (secondary N) is 1. The van der Waals surface area contributed by atoms with E-state index in [1.54, 1.807) is 6.07 Å². The summed E-state index contributed by atoms with van der Waals surface area (Å²) in [6.45, 7) is 5.35. The third-order valence-corrected chi connectivity index (χ3v) is 7.06. The largest absolute Gasteiger partial charge is 0.493 e. The lowest BCUT2D eigenvalue weighted by Gasteiger charge is -2.11. The van der Waals surface area contributed by atoms with E-state index in [2.05, 4.69) is 15.1 Å². The Labute approximate surface area is 279 Å². The Hall–Kier alpha value is -6.70. The van der Waals surface area contributed by atoms with Crippen LogP contribution in [0.25, 0.3) is 5.69 Å². The molecule has 0 aliphatic heterocycles. The van der Waals surface area contributed by atoms with Gasteiger partial charge in [0.25, 0.3) is 5.69 Å². The Balaban J connectivity index is 1.22. The van der Waals surface area contributed by atoms with Gasteiger partial charge in [-0.1, -0.05) is 0 Å². The molecule has 5 aromatic rings. The topological polar surface area (TPSA) is 174 Å². The van der Waals surface area contributed by atoms with Crippen molar-refractivity contribution in [1.29, 1.82) is 0 Å². The molecule has 14 nitrogen and oxygen atoms in total. The number of nitrogens with zero attached hydrogens (tertiary/aromatic N) is 3. The Kier molecular flexibility index (Phi) is 10.2. The Bertz CT molecular complexity index is 2040. The van der Waals surface area contributed by atoms with Gasteiger partial charge < -0.3 is 27.9 Å². The summed E-state index contributed by atoms with van der Waals surface area (Å²) in [5, 5.41) is 15.3. The number of furan rings is 1. The molecule has 0 unspecified atom stereocenters. The van der Waals surface area contributed by atoms with Crippen LogP contribution in [0.3, 0.4) is 0 Å². The molecule has 2 heterocycles. The minimum absolute atomic E-state index is 0.0213. The van der Waals surface area contributed by atoms with Gasteiger partial charge in [-0.2, -0.15) is 5.10 Å². The lowest BCUT2D eigenvalue weighted by molar-refractivity contribution is -0.384. The smallest absolute Gasteiger partial charge is 0.343 e. The van der Waals surface area contributed by atoms with Gasteiger partial charge in [-0.05, 0) is 86.6 Å². The molecule has 0 spiro atoms. The summed E-state index contributed by atoms with van der Waals surface area (Å²) in [5.74, 6) is -1.04. The van der Waals surface area contributed by atoms with E-state index in [0.717, 1.165) is 35.4 Å². The van der Waals surface area contributed by atoms with Crippen molar-refractivity contribution in [3.05, 3.63) is 129 Å². The van der Waals surface area contributed by atoms with E-state index in [0.29, 0.717) is 11.5 Å². The normalized spacial score (nSPS) is 10.9. The van der Waals surface area contributed by atoms with Gasteiger partial charge in [0.05, 0.1) is 23.8 Å². The average molecular weight is 667 g/mol. The number of aromatic nitrogens is 1. The van der Waals surface area contributed by atoms with Crippen LogP contribution in [0, 0.1) is 24.0 Å². The zero-order valence-electron chi connectivity index (χ0n) is 26.8. The molecule has 0 radical (unpaired) electrons. The number of rotatable bonds is 12. The first-order chi connectivity index (χ1) is 23.5. The summed E-state index contributed by atoms with van der Waals surface area (Å²) in [6, 6.07) is 22.2. The number of carbonyl (C=O) groups excluding carboxylic acids is 3. The van der Waals surface area contributed by atoms with Crippen molar-refractivity contribution >= 4 is 29.7 Å². The summed E-state index contributed by atoms with van der Waals surface area (Å²) < 4.78 is 29.2. The molecule has 2 aromatic heterocycles. The number of nitro groups is 1. The number of carbonyl (C=O) groups is 3. The van der Waals surface area contributed by atoms with Crippen LogP contribution < -0.4 is 24.4 Å². The Morgan fingerprint density at radius 3 is 2.29 bits per heavy atom. The lowest BCUT2D eigenvalue weighted by Crippen LogP contribution is -2.17. The fourth-order valence-corrected chi connectivity index (χ4v) is 4.75. The van der Waals surface area contributed by atoms with E-state index >= 15 is 0 Å². The predicted molar refractivity (Wildman–Crippen MR) is 176 cm³/mol. The molecule has 0 aliphatic rings. The van der Waals surface area contributed by atoms with Crippen molar-refractivity contribution in [2.45, 2.75) is 27.4 Å². The quantitative estimate of drug-likeness (QED) is 0.0539. The molecule has 0 bridgehead atoms. The molecule has 3 aromatic carbocycles. The van der Waals surface area contributed by atoms with Crippen molar-refractivity contribution < 1.29 is 42.7 Å². The monoisotopic (exact) mass is 666 g/mol. The maximum Gasteiger partial charge on any atom is 0.343 e. The van der Waals surface area contributed by atoms with Crippen molar-refractivity contribution in [3.8, 4) is 28.7 Å². The number of benzene rings is 3. The van der Waals surface area contributed by atoms with Gasteiger partial charge in [0.15, 0.2) is 17.3 Å². The highest BCUT2D eigenvalue weighted by atomic mass is 16.6. The molecule has 1 N–H and O–H groups in total. The number of methoxy groups -OCH3 is 1. The highest BCUT2D eigenvalue weighted by Crippen LogP contribution is 2.30. The van der Waals surface area contributed by atoms with Crippen LogP contribution in [0.1, 0.15) is 50.5 Å². The van der Waals surface area contributed by atoms with Gasteiger partial charge in [-0.25, -0.2) is 10.2 Å². The molecule has 5 rings (SSSR count). The number of hydrogen-bond acceptors (Lipinski definition) is 11. The van der Waals surface area contributed by atoms with E-state index in [-0.39, 0.29) is 46.4 Å². The standard InChI is InChI=1S/C35H30N4O10/c1-21-5-6-22(2)38(21)26-8-11-28(12-9-26)46-20-29-13-16-32(48-29)34(41)37-36-19-25-17-27(39(43)44)10-15-30(25)49-35(42)24-7-14-31(47-23(3)40)33(18-24)45-4/h5-19H,20H2,1-4H3,(H,37,41)/b36-19+. The second-order valence-electron chi connectivity index (χ2n) is 10.5. The number of amides is 1. The third kappa shape index (κ3) is 8.18. The fraction of sp³-hybridized carbons (Fsp3) is 0.143. The molecular formula is C35H30N4O10. The van der Waals surface area contributed by atoms with Crippen molar-refractivity contribution in [2.24, 2.45) is 5.10 Å². The maximum atomic E-state index is 12.9. The highest BCUT2D eigenvalue weighted by molar-refractivity contribution is 5.95. The molecular weight excluding hydrogens is 636 g/mol. The maximum absolute atomic E-state index is 12.9. The molecule has 0 aliphatic carbocycles. The zero-order valence-corrected chi connectivity index (χ0v) is 26.8. The second-order valence-corrected chi connectivity index (χ2v) is 10.5. The summed E-state index contributed by atoms with van der Waals surface area (Å²) in [6.07, 6.45) is 1.09. The molecule has 250 valence electrons. The number of nitro benzene ring substituents is 1. The van der Waals surface area contributed by atoms with E-state index in [1.807, 2.05) is 50.2 Å². The first-order valence-corrected chi connectivity index (χ1v) is 14.7. The molecule has 14 heteroatoms. The van der Waals surface area contributed by atoms with Crippen LogP contribution in [-0.4, -0.2) is 40.7 Å². The second kappa shape index (κ2) is 14.8. The molecule has 0 atom stereocenters. The summed E-state index contributed by atoms with van der Waals surface area (Å²) in [7, 11) is 1.33. The number of hydrogen-bond donors (Lipinski definition) is 1. The van der Waals surface area contributed by atoms with Crippen molar-refractivity contribution in [1.82, 2.24) is 9.99 Å². The zero-order chi connectivity index (χ0) is 35.1. The summed E-state index contributed by atoms with van der Waals surface area (Å²) in [4.78, 5) is 47.7. The first-order valence-electron chi connectivity index (χ1n) is 14.7.